The number of hydrogen-bond acceptors (Lipinski definition) is 4. The van der Waals surface area contributed by atoms with Gasteiger partial charge in [0.15, 0.2) is 0 Å². The fourth-order valence-corrected chi connectivity index (χ4v) is 5.62. The monoisotopic (exact) mass is 528 g/mol. The summed E-state index contributed by atoms with van der Waals surface area (Å²) in [6, 6.07) is 13.6. The van der Waals surface area contributed by atoms with E-state index < -0.39 is 0 Å². The minimum atomic E-state index is -0.379. The maximum atomic E-state index is 13.8. The van der Waals surface area contributed by atoms with E-state index in [9.17, 15) is 14.0 Å². The molecule has 2 amide bonds. The van der Waals surface area contributed by atoms with Crippen molar-refractivity contribution in [3.63, 3.8) is 0 Å². The molecule has 3 aromatic rings. The number of hydrogen-bond donors (Lipinski definition) is 1. The topological polar surface area (TPSA) is 67.2 Å². The van der Waals surface area contributed by atoms with Gasteiger partial charge in [-0.15, -0.1) is 11.8 Å². The smallest absolute Gasteiger partial charge is 0.240 e. The second kappa shape index (κ2) is 10.6. The maximum absolute atomic E-state index is 13.8. The number of nitrogens with one attached hydrogen (secondary N) is 1. The lowest BCUT2D eigenvalue weighted by molar-refractivity contribution is -0.122. The largest absolute Gasteiger partial charge is 0.355 e. The second-order valence-corrected chi connectivity index (χ2v) is 11.3. The quantitative estimate of drug-likeness (QED) is 0.448. The van der Waals surface area contributed by atoms with Crippen molar-refractivity contribution in [1.82, 2.24) is 15.1 Å². The van der Waals surface area contributed by atoms with Gasteiger partial charge in [-0.05, 0) is 48.4 Å². The van der Waals surface area contributed by atoms with E-state index in [1.807, 2.05) is 31.2 Å². The van der Waals surface area contributed by atoms with Crippen LogP contribution in [0.25, 0.3) is 5.69 Å². The predicted octanol–water partition coefficient (Wildman–Crippen LogP) is 5.66. The average molecular weight is 529 g/mol. The summed E-state index contributed by atoms with van der Waals surface area (Å²) in [5, 5.41) is 8.21. The number of rotatable bonds is 6. The standard InChI is InChI=1S/C27H30ClFN4O2S/c1-5-13-30-21(34)15-32-22(35)16-36-24(17-7-6-8-18(28)14-17)23-25(27(2,3)4)31-33(26(23)32)20-11-9-19(29)10-12-20/h6-12,14,24H,5,13,15-16H2,1-4H3,(H,30,34)/t24-/m1/s1. The number of halogens is 2. The van der Waals surface area contributed by atoms with E-state index in [1.54, 1.807) is 16.8 Å². The van der Waals surface area contributed by atoms with E-state index in [-0.39, 0.29) is 40.6 Å². The van der Waals surface area contributed by atoms with Crippen LogP contribution in [0, 0.1) is 5.82 Å². The first-order valence-corrected chi connectivity index (χ1v) is 13.4. The van der Waals surface area contributed by atoms with Crippen LogP contribution >= 0.6 is 23.4 Å². The van der Waals surface area contributed by atoms with Gasteiger partial charge in [-0.25, -0.2) is 9.07 Å². The van der Waals surface area contributed by atoms with E-state index in [0.29, 0.717) is 23.1 Å². The van der Waals surface area contributed by atoms with Crippen molar-refractivity contribution < 1.29 is 14.0 Å². The highest BCUT2D eigenvalue weighted by Crippen LogP contribution is 2.48. The van der Waals surface area contributed by atoms with Crippen LogP contribution in [0.4, 0.5) is 10.2 Å². The Morgan fingerprint density at radius 3 is 2.58 bits per heavy atom. The Morgan fingerprint density at radius 2 is 1.94 bits per heavy atom. The van der Waals surface area contributed by atoms with E-state index in [4.69, 9.17) is 16.7 Å². The van der Waals surface area contributed by atoms with Crippen LogP contribution in [-0.2, 0) is 15.0 Å². The lowest BCUT2D eigenvalue weighted by atomic mass is 9.87. The number of aromatic nitrogens is 2. The Hall–Kier alpha value is -2.84. The van der Waals surface area contributed by atoms with E-state index in [0.717, 1.165) is 23.2 Å². The van der Waals surface area contributed by atoms with Gasteiger partial charge in [-0.3, -0.25) is 14.5 Å². The molecule has 0 aliphatic carbocycles. The zero-order chi connectivity index (χ0) is 26.0. The summed E-state index contributed by atoms with van der Waals surface area (Å²) in [5.74, 6) is -0.0991. The molecule has 1 aliphatic heterocycles. The van der Waals surface area contributed by atoms with Crippen molar-refractivity contribution in [2.45, 2.75) is 44.8 Å². The SMILES string of the molecule is CCCNC(=O)CN1C(=O)CS[C@H](c2cccc(Cl)c2)c2c(C(C)(C)C)nn(-c3ccc(F)cc3)c21. The molecule has 1 atom stereocenters. The molecule has 0 unspecified atom stereocenters. The summed E-state index contributed by atoms with van der Waals surface area (Å²) < 4.78 is 15.5. The minimum absolute atomic E-state index is 0.134. The molecule has 6 nitrogen and oxygen atoms in total. The Bertz CT molecular complexity index is 1270. The Morgan fingerprint density at radius 1 is 1.22 bits per heavy atom. The summed E-state index contributed by atoms with van der Waals surface area (Å²) in [6.07, 6.45) is 0.791. The number of carbonyl (C=O) groups excluding carboxylic acids is 2. The number of carbonyl (C=O) groups is 2. The third kappa shape index (κ3) is 5.44. The highest BCUT2D eigenvalue weighted by atomic mass is 35.5. The molecule has 9 heteroatoms. The van der Waals surface area contributed by atoms with Crippen LogP contribution in [-0.4, -0.2) is 40.4 Å². The second-order valence-electron chi connectivity index (χ2n) is 9.80. The summed E-state index contributed by atoms with van der Waals surface area (Å²) in [6.45, 7) is 8.56. The van der Waals surface area contributed by atoms with E-state index in [2.05, 4.69) is 26.1 Å². The average Bonchev–Trinajstić information content (AvgIpc) is 3.16. The van der Waals surface area contributed by atoms with Crippen LogP contribution in [0.2, 0.25) is 5.02 Å². The van der Waals surface area contributed by atoms with Gasteiger partial charge >= 0.3 is 0 Å². The molecule has 0 saturated heterocycles. The molecule has 0 bridgehead atoms. The number of benzene rings is 2. The van der Waals surface area contributed by atoms with Gasteiger partial charge < -0.3 is 5.32 Å². The van der Waals surface area contributed by atoms with Crippen molar-refractivity contribution in [3.8, 4) is 5.69 Å². The molecule has 2 heterocycles. The molecule has 1 N–H and O–H groups in total. The zero-order valence-corrected chi connectivity index (χ0v) is 22.4. The van der Waals surface area contributed by atoms with Gasteiger partial charge in [-0.1, -0.05) is 51.4 Å². The molecule has 190 valence electrons. The molecule has 1 aliphatic rings. The lowest BCUT2D eigenvalue weighted by Crippen LogP contribution is -2.42. The fraction of sp³-hybridized carbons (Fsp3) is 0.370. The molecular weight excluding hydrogens is 499 g/mol. The molecule has 2 aromatic carbocycles. The van der Waals surface area contributed by atoms with Gasteiger partial charge in [0.25, 0.3) is 0 Å². The van der Waals surface area contributed by atoms with Crippen LogP contribution < -0.4 is 10.2 Å². The molecule has 1 aromatic heterocycles. The van der Waals surface area contributed by atoms with Crippen LogP contribution in [0.1, 0.15) is 56.2 Å². The molecule has 0 fully saturated rings. The molecular formula is C27H30ClFN4O2S. The van der Waals surface area contributed by atoms with Crippen molar-refractivity contribution in [3.05, 3.63) is 76.2 Å². The summed E-state index contributed by atoms with van der Waals surface area (Å²) >= 11 is 7.85. The van der Waals surface area contributed by atoms with Crippen LogP contribution in [0.5, 0.6) is 0 Å². The molecule has 0 radical (unpaired) electrons. The minimum Gasteiger partial charge on any atom is -0.355 e. The third-order valence-corrected chi connectivity index (χ3v) is 7.39. The first-order chi connectivity index (χ1) is 17.1. The lowest BCUT2D eigenvalue weighted by Gasteiger charge is -2.24. The van der Waals surface area contributed by atoms with Crippen molar-refractivity contribution in [2.75, 3.05) is 23.7 Å². The number of anilines is 1. The summed E-state index contributed by atoms with van der Waals surface area (Å²) in [4.78, 5) is 27.9. The van der Waals surface area contributed by atoms with Crippen LogP contribution in [0.3, 0.4) is 0 Å². The van der Waals surface area contributed by atoms with Crippen molar-refractivity contribution in [2.24, 2.45) is 0 Å². The number of amides is 2. The van der Waals surface area contributed by atoms with Gasteiger partial charge in [0.05, 0.1) is 22.4 Å². The van der Waals surface area contributed by atoms with Gasteiger partial charge in [0.1, 0.15) is 18.2 Å². The van der Waals surface area contributed by atoms with E-state index in [1.165, 1.54) is 28.8 Å². The highest BCUT2D eigenvalue weighted by molar-refractivity contribution is 8.00. The first kappa shape index (κ1) is 26.2. The van der Waals surface area contributed by atoms with E-state index >= 15 is 0 Å². The fourth-order valence-electron chi connectivity index (χ4n) is 4.23. The van der Waals surface area contributed by atoms with Crippen molar-refractivity contribution >= 4 is 41.0 Å². The van der Waals surface area contributed by atoms with Crippen LogP contribution in [0.15, 0.2) is 48.5 Å². The number of nitrogens with zero attached hydrogens (tertiary/aromatic N) is 3. The number of thioether (sulfide) groups is 1. The molecule has 4 rings (SSSR count). The molecule has 36 heavy (non-hydrogen) atoms. The van der Waals surface area contributed by atoms with Gasteiger partial charge in [0.2, 0.25) is 11.8 Å². The summed E-state index contributed by atoms with van der Waals surface area (Å²) in [5.41, 5.74) is 2.83. The molecule has 0 saturated carbocycles. The van der Waals surface area contributed by atoms with Gasteiger partial charge in [0, 0.05) is 22.5 Å². The predicted molar refractivity (Wildman–Crippen MR) is 144 cm³/mol. The van der Waals surface area contributed by atoms with Gasteiger partial charge in [-0.2, -0.15) is 5.10 Å². The Labute approximate surface area is 220 Å². The first-order valence-electron chi connectivity index (χ1n) is 11.9. The Kier molecular flexibility index (Phi) is 7.76. The summed E-state index contributed by atoms with van der Waals surface area (Å²) in [7, 11) is 0. The molecule has 0 spiro atoms. The third-order valence-electron chi connectivity index (χ3n) is 5.90. The zero-order valence-electron chi connectivity index (χ0n) is 20.8. The Balaban J connectivity index is 1.99. The maximum Gasteiger partial charge on any atom is 0.240 e. The number of fused-ring (bicyclic) bond motifs is 1. The highest BCUT2D eigenvalue weighted by Gasteiger charge is 2.39. The normalized spacial score (nSPS) is 16.0. The van der Waals surface area contributed by atoms with Crippen molar-refractivity contribution in [1.29, 1.82) is 0 Å².